The fraction of sp³-hybridized carbons (Fsp3) is 0.387. The van der Waals surface area contributed by atoms with Crippen molar-refractivity contribution < 1.29 is 23.9 Å². The number of aliphatic hydroxyl groups is 1. The van der Waals surface area contributed by atoms with E-state index in [1.54, 1.807) is 16.8 Å². The number of carbonyl (C=O) groups is 3. The van der Waals surface area contributed by atoms with Crippen LogP contribution in [0.15, 0.2) is 40.8 Å². The van der Waals surface area contributed by atoms with E-state index in [2.05, 4.69) is 16.0 Å². The lowest BCUT2D eigenvalue weighted by atomic mass is 9.86. The molecule has 7 rings (SSSR count). The van der Waals surface area contributed by atoms with Gasteiger partial charge in [0.05, 0.1) is 22.6 Å². The van der Waals surface area contributed by atoms with Gasteiger partial charge in [-0.05, 0) is 71.7 Å². The van der Waals surface area contributed by atoms with Crippen molar-refractivity contribution in [2.75, 3.05) is 6.54 Å². The second-order valence-electron chi connectivity index (χ2n) is 11.5. The maximum absolute atomic E-state index is 15.3. The first-order valence-electron chi connectivity index (χ1n) is 13.7. The summed E-state index contributed by atoms with van der Waals surface area (Å²) in [6.07, 6.45) is -1.32. The molecule has 212 valence electrons. The van der Waals surface area contributed by atoms with Crippen LogP contribution in [0, 0.1) is 19.8 Å². The zero-order chi connectivity index (χ0) is 29.2. The Hall–Kier alpha value is -3.76. The molecule has 2 bridgehead atoms. The number of alkyl halides is 1. The van der Waals surface area contributed by atoms with Gasteiger partial charge in [0, 0.05) is 18.3 Å². The number of halogens is 1. The predicted molar refractivity (Wildman–Crippen MR) is 154 cm³/mol. The third-order valence-corrected chi connectivity index (χ3v) is 9.35. The molecular weight excluding hydrogens is 543 g/mol. The van der Waals surface area contributed by atoms with Crippen LogP contribution in [0.25, 0.3) is 10.4 Å². The van der Waals surface area contributed by atoms with Crippen molar-refractivity contribution in [3.05, 3.63) is 74.9 Å². The monoisotopic (exact) mass is 574 g/mol. The van der Waals surface area contributed by atoms with E-state index < -0.39 is 36.2 Å². The average molecular weight is 575 g/mol. The van der Waals surface area contributed by atoms with Gasteiger partial charge in [-0.25, -0.2) is 14.4 Å². The number of nitrogens with zero attached hydrogens (tertiary/aromatic N) is 4. The lowest BCUT2D eigenvalue weighted by molar-refractivity contribution is -0.143. The Morgan fingerprint density at radius 1 is 1.22 bits per heavy atom. The SMILES string of the molecule is Cc1cc(-c2scnc2C)ccc1C=NC(=O)[C@@H]1[C@@H](F)[C@@H](O)CN1C(=O)[C@H](C(C)C)N1Cc2c3cc(cc2C1=O)C3. The Morgan fingerprint density at radius 2 is 1.98 bits per heavy atom. The van der Waals surface area contributed by atoms with Crippen molar-refractivity contribution >= 4 is 35.3 Å². The van der Waals surface area contributed by atoms with E-state index in [9.17, 15) is 19.5 Å². The number of rotatable bonds is 6. The smallest absolute Gasteiger partial charge is 0.271 e. The summed E-state index contributed by atoms with van der Waals surface area (Å²) in [5.41, 5.74) is 9.01. The second-order valence-corrected chi connectivity index (χ2v) is 12.3. The molecule has 0 unspecified atom stereocenters. The minimum Gasteiger partial charge on any atom is -0.388 e. The number of β-amino-alcohol motifs (C(OH)–C–C–N with tert-alkyl or cyclic N) is 1. The van der Waals surface area contributed by atoms with E-state index in [0.717, 1.165) is 49.7 Å². The molecule has 8 nitrogen and oxygen atoms in total. The van der Waals surface area contributed by atoms with Gasteiger partial charge < -0.3 is 14.9 Å². The summed E-state index contributed by atoms with van der Waals surface area (Å²) >= 11 is 1.54. The lowest BCUT2D eigenvalue weighted by Crippen LogP contribution is -2.54. The number of aromatic nitrogens is 1. The highest BCUT2D eigenvalue weighted by Gasteiger charge is 2.51. The summed E-state index contributed by atoms with van der Waals surface area (Å²) in [5, 5.41) is 10.4. The molecule has 3 heterocycles. The van der Waals surface area contributed by atoms with Crippen LogP contribution in [0.3, 0.4) is 0 Å². The first kappa shape index (κ1) is 27.4. The maximum Gasteiger partial charge on any atom is 0.271 e. The molecule has 1 aromatic heterocycles. The number of likely N-dealkylation sites (tertiary alicyclic amines) is 1. The van der Waals surface area contributed by atoms with Crippen LogP contribution in [-0.2, 0) is 22.6 Å². The fourth-order valence-electron chi connectivity index (χ4n) is 6.14. The Balaban J connectivity index is 1.23. The van der Waals surface area contributed by atoms with Crippen LogP contribution in [0.4, 0.5) is 4.39 Å². The van der Waals surface area contributed by atoms with Gasteiger partial charge in [0.15, 0.2) is 6.17 Å². The first-order chi connectivity index (χ1) is 19.5. The maximum atomic E-state index is 15.3. The molecule has 3 amide bonds. The molecule has 2 aromatic carbocycles. The van der Waals surface area contributed by atoms with Gasteiger partial charge in [0.1, 0.15) is 18.2 Å². The highest BCUT2D eigenvalue weighted by atomic mass is 32.1. The molecule has 1 fully saturated rings. The quantitative estimate of drug-likeness (QED) is 0.352. The summed E-state index contributed by atoms with van der Waals surface area (Å²) in [7, 11) is 0. The average Bonchev–Trinajstić information content (AvgIpc) is 3.58. The molecule has 2 aliphatic heterocycles. The van der Waals surface area contributed by atoms with Crippen molar-refractivity contribution in [2.24, 2.45) is 10.9 Å². The summed E-state index contributed by atoms with van der Waals surface area (Å²) in [4.78, 5) is 52.5. The van der Waals surface area contributed by atoms with Crippen LogP contribution in [-0.4, -0.2) is 74.7 Å². The number of thiazole rings is 1. The minimum absolute atomic E-state index is 0.236. The molecule has 0 radical (unpaired) electrons. The summed E-state index contributed by atoms with van der Waals surface area (Å²) < 4.78 is 15.3. The molecule has 1 saturated heterocycles. The Morgan fingerprint density at radius 3 is 2.61 bits per heavy atom. The van der Waals surface area contributed by atoms with Crippen molar-refractivity contribution in [1.29, 1.82) is 0 Å². The highest BCUT2D eigenvalue weighted by molar-refractivity contribution is 7.13. The molecule has 3 aromatic rings. The summed E-state index contributed by atoms with van der Waals surface area (Å²) in [6, 6.07) is 7.15. The largest absolute Gasteiger partial charge is 0.388 e. The van der Waals surface area contributed by atoms with E-state index in [4.69, 9.17) is 0 Å². The topological polar surface area (TPSA) is 103 Å². The molecule has 0 saturated carbocycles. The third kappa shape index (κ3) is 4.59. The fourth-order valence-corrected chi connectivity index (χ4v) is 6.94. The summed E-state index contributed by atoms with van der Waals surface area (Å²) in [6.45, 7) is 7.42. The molecule has 4 aliphatic rings. The van der Waals surface area contributed by atoms with Crippen LogP contribution in [0.2, 0.25) is 0 Å². The number of hydrogen-bond donors (Lipinski definition) is 1. The second kappa shape index (κ2) is 10.3. The zero-order valence-corrected chi connectivity index (χ0v) is 24.1. The minimum atomic E-state index is -1.99. The van der Waals surface area contributed by atoms with Crippen LogP contribution >= 0.6 is 11.3 Å². The highest BCUT2D eigenvalue weighted by Crippen LogP contribution is 2.37. The van der Waals surface area contributed by atoms with Gasteiger partial charge in [0.2, 0.25) is 5.91 Å². The number of amides is 3. The molecular formula is C31H31FN4O4S. The van der Waals surface area contributed by atoms with Crippen LogP contribution < -0.4 is 0 Å². The molecule has 0 spiro atoms. The van der Waals surface area contributed by atoms with E-state index in [0.29, 0.717) is 17.7 Å². The number of aliphatic imine (C=N–C) groups is 1. The van der Waals surface area contributed by atoms with E-state index in [1.807, 2.05) is 52.0 Å². The molecule has 10 heteroatoms. The van der Waals surface area contributed by atoms with Gasteiger partial charge >= 0.3 is 0 Å². The molecule has 2 aliphatic carbocycles. The Labute approximate surface area is 241 Å². The van der Waals surface area contributed by atoms with E-state index in [-0.39, 0.29) is 18.4 Å². The van der Waals surface area contributed by atoms with Crippen molar-refractivity contribution in [3.8, 4) is 10.4 Å². The first-order valence-corrected chi connectivity index (χ1v) is 14.6. The zero-order valence-electron chi connectivity index (χ0n) is 23.3. The Bertz CT molecular complexity index is 1620. The van der Waals surface area contributed by atoms with Gasteiger partial charge in [-0.15, -0.1) is 11.3 Å². The van der Waals surface area contributed by atoms with Gasteiger partial charge in [0.25, 0.3) is 11.8 Å². The van der Waals surface area contributed by atoms with Crippen molar-refractivity contribution in [2.45, 2.75) is 65.0 Å². The van der Waals surface area contributed by atoms with Gasteiger partial charge in [-0.3, -0.25) is 14.4 Å². The number of carbonyl (C=O) groups excluding carboxylic acids is 3. The summed E-state index contributed by atoms with van der Waals surface area (Å²) in [5.74, 6) is -1.95. The predicted octanol–water partition coefficient (Wildman–Crippen LogP) is 3.87. The third-order valence-electron chi connectivity index (χ3n) is 8.37. The number of aliphatic hydroxyl groups excluding tert-OH is 1. The number of benzene rings is 2. The molecule has 41 heavy (non-hydrogen) atoms. The lowest BCUT2D eigenvalue weighted by Gasteiger charge is -2.34. The van der Waals surface area contributed by atoms with E-state index >= 15 is 4.39 Å². The number of hydrogen-bond acceptors (Lipinski definition) is 6. The molecule has 1 N–H and O–H groups in total. The number of aryl methyl sites for hydroxylation is 2. The normalized spacial score (nSPS) is 22.0. The van der Waals surface area contributed by atoms with Crippen LogP contribution in [0.1, 0.15) is 57.7 Å². The van der Waals surface area contributed by atoms with Gasteiger partial charge in [-0.2, -0.15) is 0 Å². The van der Waals surface area contributed by atoms with Crippen LogP contribution in [0.5, 0.6) is 0 Å². The molecule has 4 atom stereocenters. The van der Waals surface area contributed by atoms with Crippen molar-refractivity contribution in [1.82, 2.24) is 14.8 Å². The van der Waals surface area contributed by atoms with E-state index in [1.165, 1.54) is 11.1 Å². The van der Waals surface area contributed by atoms with Crippen molar-refractivity contribution in [3.63, 3.8) is 0 Å². The van der Waals surface area contributed by atoms with Gasteiger partial charge in [-0.1, -0.05) is 32.0 Å². The standard InChI is InChI=1S/C31H31FN4O4S/c1-15(2)26(35-12-23-21-8-18(9-21)10-22(23)30(35)39)31(40)36-13-24(37)25(32)27(36)29(38)33-11-20-6-5-19(7-16(20)3)28-17(4)34-14-41-28/h5-8,10-11,14-15,24-27,37H,9,12-13H2,1-4H3/t24-,25-,26-,27-/m0/s1. The Kier molecular flexibility index (Phi) is 6.86.